The number of aryl methyl sites for hydroxylation is 1. The zero-order valence-electron chi connectivity index (χ0n) is 19.0. The quantitative estimate of drug-likeness (QED) is 0.516. The van der Waals surface area contributed by atoms with Crippen LogP contribution in [0, 0.1) is 6.92 Å². The minimum absolute atomic E-state index is 0.0507. The maximum absolute atomic E-state index is 13.0. The molecule has 4 heterocycles. The summed E-state index contributed by atoms with van der Waals surface area (Å²) in [6.45, 7) is 1.04. The van der Waals surface area contributed by atoms with Crippen LogP contribution in [-0.2, 0) is 0 Å². The summed E-state index contributed by atoms with van der Waals surface area (Å²) >= 11 is 0. The molecule has 5 rings (SSSR count). The van der Waals surface area contributed by atoms with Gasteiger partial charge in [0, 0.05) is 30.0 Å². The Morgan fingerprint density at radius 2 is 1.80 bits per heavy atom. The molecule has 2 fully saturated rings. The van der Waals surface area contributed by atoms with Crippen molar-refractivity contribution in [3.8, 4) is 11.3 Å². The fourth-order valence-corrected chi connectivity index (χ4v) is 5.22. The summed E-state index contributed by atoms with van der Waals surface area (Å²) in [5.41, 5.74) is 3.18. The van der Waals surface area contributed by atoms with Crippen molar-refractivity contribution in [3.05, 3.63) is 54.0 Å². The van der Waals surface area contributed by atoms with Gasteiger partial charge in [-0.15, -0.1) is 0 Å². The number of fused-ring (bicyclic) bond motifs is 2. The fraction of sp³-hybridized carbons (Fsp3) is 0.417. The Balaban J connectivity index is 1.28. The molecule has 2 aliphatic heterocycles. The van der Waals surface area contributed by atoms with E-state index in [1.807, 2.05) is 17.8 Å². The van der Waals surface area contributed by atoms with Gasteiger partial charge in [-0.1, -0.05) is 12.1 Å². The molecule has 0 radical (unpaired) electrons. The fourth-order valence-electron chi connectivity index (χ4n) is 5.22. The Bertz CT molecular complexity index is 1210. The lowest BCUT2D eigenvalue weighted by atomic mass is 9.97. The molecule has 2 bridgehead atoms. The highest BCUT2D eigenvalue weighted by Gasteiger charge is 2.45. The second kappa shape index (κ2) is 8.95. The average molecular weight is 486 g/mol. The van der Waals surface area contributed by atoms with Crippen LogP contribution >= 0.6 is 0 Å². The summed E-state index contributed by atoms with van der Waals surface area (Å²) in [5.74, 6) is -0.623. The van der Waals surface area contributed by atoms with E-state index in [9.17, 15) is 18.0 Å². The number of piperidine rings is 1. The van der Waals surface area contributed by atoms with Crippen LogP contribution in [0.25, 0.3) is 11.3 Å². The van der Waals surface area contributed by atoms with E-state index in [1.165, 1.54) is 12.1 Å². The van der Waals surface area contributed by atoms with Gasteiger partial charge in [-0.2, -0.15) is 18.3 Å². The molecular weight excluding hydrogens is 461 g/mol. The van der Waals surface area contributed by atoms with Gasteiger partial charge in [0.25, 0.3) is 0 Å². The maximum atomic E-state index is 13.0. The highest BCUT2D eigenvalue weighted by atomic mass is 19.4. The van der Waals surface area contributed by atoms with Crippen LogP contribution in [0.5, 0.6) is 0 Å². The number of anilines is 2. The number of benzene rings is 1. The van der Waals surface area contributed by atoms with Crippen molar-refractivity contribution in [2.24, 2.45) is 0 Å². The number of aromatic nitrogens is 4. The van der Waals surface area contributed by atoms with Gasteiger partial charge in [0.15, 0.2) is 0 Å². The number of carboxylic acid groups (broad SMARTS) is 1. The number of hydrogen-bond acceptors (Lipinski definition) is 6. The molecule has 8 nitrogen and oxygen atoms in total. The van der Waals surface area contributed by atoms with Crippen LogP contribution in [0.1, 0.15) is 47.6 Å². The summed E-state index contributed by atoms with van der Waals surface area (Å²) in [5, 5.41) is 16.7. The van der Waals surface area contributed by atoms with E-state index in [0.29, 0.717) is 30.2 Å². The van der Waals surface area contributed by atoms with Gasteiger partial charge in [-0.05, 0) is 50.3 Å². The Labute approximate surface area is 199 Å². The molecule has 2 aromatic heterocycles. The average Bonchev–Trinajstić information content (AvgIpc) is 3.34. The van der Waals surface area contributed by atoms with Crippen LogP contribution in [0.4, 0.5) is 24.8 Å². The summed E-state index contributed by atoms with van der Waals surface area (Å²) < 4.78 is 40.7. The predicted molar refractivity (Wildman–Crippen MR) is 123 cm³/mol. The number of nitrogens with zero attached hydrogens (tertiary/aromatic N) is 5. The van der Waals surface area contributed by atoms with Gasteiger partial charge in [-0.25, -0.2) is 14.8 Å². The predicted octanol–water partition coefficient (Wildman–Crippen LogP) is 4.82. The van der Waals surface area contributed by atoms with Crippen molar-refractivity contribution in [3.63, 3.8) is 0 Å². The number of rotatable bonds is 6. The van der Waals surface area contributed by atoms with Crippen LogP contribution in [0.2, 0.25) is 0 Å². The molecule has 184 valence electrons. The minimum atomic E-state index is -4.18. The molecule has 3 atom stereocenters. The summed E-state index contributed by atoms with van der Waals surface area (Å²) in [4.78, 5) is 21.7. The van der Waals surface area contributed by atoms with Gasteiger partial charge < -0.3 is 10.4 Å². The molecule has 2 aliphatic rings. The third-order valence-electron chi connectivity index (χ3n) is 6.83. The van der Waals surface area contributed by atoms with Crippen LogP contribution in [0.3, 0.4) is 0 Å². The van der Waals surface area contributed by atoms with Crippen molar-refractivity contribution in [2.45, 2.75) is 56.9 Å². The first-order chi connectivity index (χ1) is 16.7. The smallest absolute Gasteiger partial charge is 0.401 e. The first-order valence-corrected chi connectivity index (χ1v) is 11.5. The van der Waals surface area contributed by atoms with Gasteiger partial charge in [0.05, 0.1) is 35.7 Å². The monoisotopic (exact) mass is 486 g/mol. The van der Waals surface area contributed by atoms with E-state index >= 15 is 0 Å². The van der Waals surface area contributed by atoms with E-state index in [-0.39, 0.29) is 23.7 Å². The van der Waals surface area contributed by atoms with Gasteiger partial charge in [-0.3, -0.25) is 9.58 Å². The van der Waals surface area contributed by atoms with Crippen molar-refractivity contribution in [1.29, 1.82) is 0 Å². The molecule has 0 spiro atoms. The van der Waals surface area contributed by atoms with Crippen molar-refractivity contribution in [2.75, 3.05) is 11.9 Å². The Morgan fingerprint density at radius 1 is 1.11 bits per heavy atom. The van der Waals surface area contributed by atoms with Gasteiger partial charge in [0.2, 0.25) is 5.95 Å². The normalized spacial score (nSPS) is 22.3. The second-order valence-electron chi connectivity index (χ2n) is 9.24. The molecule has 3 aromatic rings. The molecule has 0 saturated carbocycles. The van der Waals surface area contributed by atoms with E-state index in [1.54, 1.807) is 29.4 Å². The van der Waals surface area contributed by atoms with E-state index in [2.05, 4.69) is 20.4 Å². The first-order valence-electron chi connectivity index (χ1n) is 11.5. The molecule has 35 heavy (non-hydrogen) atoms. The topological polar surface area (TPSA) is 96.2 Å². The highest BCUT2D eigenvalue weighted by molar-refractivity contribution is 5.88. The van der Waals surface area contributed by atoms with E-state index in [4.69, 9.17) is 5.11 Å². The van der Waals surface area contributed by atoms with Crippen molar-refractivity contribution in [1.82, 2.24) is 24.6 Å². The van der Waals surface area contributed by atoms with Crippen LogP contribution in [0.15, 0.2) is 42.9 Å². The number of carbonyl (C=O) groups is 1. The molecular formula is C24H25F3N6O2. The number of halogens is 3. The van der Waals surface area contributed by atoms with Crippen LogP contribution < -0.4 is 5.32 Å². The third-order valence-corrected chi connectivity index (χ3v) is 6.83. The summed E-state index contributed by atoms with van der Waals surface area (Å²) in [6, 6.07) is 6.38. The number of nitrogens with one attached hydrogen (secondary N) is 1. The minimum Gasteiger partial charge on any atom is -0.478 e. The van der Waals surface area contributed by atoms with Crippen molar-refractivity contribution >= 4 is 17.6 Å². The van der Waals surface area contributed by atoms with Gasteiger partial charge in [0.1, 0.15) is 0 Å². The number of carboxylic acids is 1. The number of aromatic carboxylic acids is 1. The Morgan fingerprint density at radius 3 is 2.43 bits per heavy atom. The van der Waals surface area contributed by atoms with E-state index in [0.717, 1.165) is 24.0 Å². The Kier molecular flexibility index (Phi) is 5.96. The lowest BCUT2D eigenvalue weighted by molar-refractivity contribution is -0.156. The maximum Gasteiger partial charge on any atom is 0.401 e. The number of alkyl halides is 3. The molecule has 0 amide bonds. The summed E-state index contributed by atoms with van der Waals surface area (Å²) in [6.07, 6.45) is 3.88. The molecule has 1 aromatic carbocycles. The molecule has 2 N–H and O–H groups in total. The molecule has 0 aliphatic carbocycles. The largest absolute Gasteiger partial charge is 0.478 e. The molecule has 11 heteroatoms. The van der Waals surface area contributed by atoms with Crippen LogP contribution in [-0.4, -0.2) is 60.5 Å². The lowest BCUT2D eigenvalue weighted by Gasteiger charge is -2.39. The highest BCUT2D eigenvalue weighted by Crippen LogP contribution is 2.42. The standard InChI is InChI=1S/C24H25F3N6O2/c1-14-10-28-23(31-21(14)15-2-4-16(5-3-15)22(34)35)30-17-11-29-33(12-17)20-8-18-6-7-19(9-20)32(18)13-24(25,26)27/h2-5,10-12,18-20H,6-9,13H2,1H3,(H,34,35)(H,28,30,31)/t18-,19+,20?. The molecule has 2 saturated heterocycles. The second-order valence-corrected chi connectivity index (χ2v) is 9.24. The Hall–Kier alpha value is -3.47. The van der Waals surface area contributed by atoms with E-state index < -0.39 is 18.7 Å². The molecule has 1 unspecified atom stereocenters. The lowest BCUT2D eigenvalue weighted by Crippen LogP contribution is -2.47. The first kappa shape index (κ1) is 23.3. The zero-order valence-corrected chi connectivity index (χ0v) is 19.0. The van der Waals surface area contributed by atoms with Crippen molar-refractivity contribution < 1.29 is 23.1 Å². The zero-order chi connectivity index (χ0) is 24.7. The van der Waals surface area contributed by atoms with Gasteiger partial charge >= 0.3 is 12.1 Å². The summed E-state index contributed by atoms with van der Waals surface area (Å²) in [7, 11) is 0. The number of hydrogen-bond donors (Lipinski definition) is 2. The third kappa shape index (κ3) is 5.00. The SMILES string of the molecule is Cc1cnc(Nc2cnn(C3C[C@H]4CC[C@@H](C3)N4CC(F)(F)F)c2)nc1-c1ccc(C(=O)O)cc1.